The van der Waals surface area contributed by atoms with Crippen molar-refractivity contribution in [2.45, 2.75) is 31.8 Å². The molecule has 1 aliphatic carbocycles. The second-order valence-electron chi connectivity index (χ2n) is 8.10. The lowest BCUT2D eigenvalue weighted by Gasteiger charge is -2.29. The van der Waals surface area contributed by atoms with Gasteiger partial charge >= 0.3 is 0 Å². The van der Waals surface area contributed by atoms with Crippen molar-refractivity contribution >= 4 is 28.3 Å². The number of nitrogens with one attached hydrogen (secondary N) is 2. The Morgan fingerprint density at radius 3 is 2.50 bits per heavy atom. The fourth-order valence-corrected chi connectivity index (χ4v) is 3.96. The maximum atomic E-state index is 13.3. The average molecular weight is 437 g/mol. The Hall–Kier alpha value is -3.32. The third-order valence-corrected chi connectivity index (χ3v) is 5.76. The fraction of sp³-hybridized carbons (Fsp3) is 0.280. The molecule has 166 valence electrons. The molecule has 32 heavy (non-hydrogen) atoms. The summed E-state index contributed by atoms with van der Waals surface area (Å²) in [4.78, 5) is 26.9. The summed E-state index contributed by atoms with van der Waals surface area (Å²) in [5.41, 5.74) is 1.30. The minimum Gasteiger partial charge on any atom is -0.346 e. The van der Waals surface area contributed by atoms with E-state index in [1.165, 1.54) is 17.0 Å². The molecule has 0 unspecified atom stereocenters. The van der Waals surface area contributed by atoms with Crippen LogP contribution in [0, 0.1) is 11.6 Å². The van der Waals surface area contributed by atoms with E-state index in [1.54, 1.807) is 0 Å². The molecule has 0 heterocycles. The molecule has 0 saturated heterocycles. The summed E-state index contributed by atoms with van der Waals surface area (Å²) in [6, 6.07) is 17.9. The van der Waals surface area contributed by atoms with E-state index in [-0.39, 0.29) is 30.7 Å². The smallest absolute Gasteiger partial charge is 0.243 e. The molecule has 1 aliphatic rings. The van der Waals surface area contributed by atoms with Gasteiger partial charge in [0, 0.05) is 23.8 Å². The van der Waals surface area contributed by atoms with E-state index in [1.807, 2.05) is 18.2 Å². The highest BCUT2D eigenvalue weighted by Crippen LogP contribution is 2.36. The van der Waals surface area contributed by atoms with Gasteiger partial charge in [-0.2, -0.15) is 0 Å². The van der Waals surface area contributed by atoms with Crippen molar-refractivity contribution in [2.24, 2.45) is 0 Å². The second-order valence-corrected chi connectivity index (χ2v) is 8.10. The van der Waals surface area contributed by atoms with Crippen molar-refractivity contribution in [1.82, 2.24) is 10.2 Å². The summed E-state index contributed by atoms with van der Waals surface area (Å²) < 4.78 is 26.3. The van der Waals surface area contributed by atoms with Gasteiger partial charge in [0.25, 0.3) is 0 Å². The van der Waals surface area contributed by atoms with Crippen LogP contribution in [0.15, 0.2) is 60.7 Å². The zero-order valence-corrected chi connectivity index (χ0v) is 17.8. The molecule has 0 bridgehead atoms. The van der Waals surface area contributed by atoms with Gasteiger partial charge in [0.05, 0.1) is 13.1 Å². The third kappa shape index (κ3) is 5.11. The molecule has 1 atom stereocenters. The number of anilines is 1. The van der Waals surface area contributed by atoms with Gasteiger partial charge in [-0.05, 0) is 48.2 Å². The first-order valence-electron chi connectivity index (χ1n) is 10.7. The Bertz CT molecular complexity index is 1140. The van der Waals surface area contributed by atoms with E-state index in [9.17, 15) is 18.4 Å². The first-order chi connectivity index (χ1) is 15.4. The molecule has 3 aromatic rings. The van der Waals surface area contributed by atoms with Crippen LogP contribution in [0.25, 0.3) is 10.8 Å². The minimum absolute atomic E-state index is 0.0374. The van der Waals surface area contributed by atoms with Crippen LogP contribution in [-0.2, 0) is 9.59 Å². The zero-order valence-electron chi connectivity index (χ0n) is 17.8. The fourth-order valence-electron chi connectivity index (χ4n) is 3.96. The van der Waals surface area contributed by atoms with Gasteiger partial charge in [-0.15, -0.1) is 0 Å². The molecule has 1 fully saturated rings. The number of rotatable bonds is 8. The molecule has 0 aliphatic heterocycles. The van der Waals surface area contributed by atoms with Crippen LogP contribution in [0.2, 0.25) is 0 Å². The maximum absolute atomic E-state index is 13.3. The number of nitrogens with zero attached hydrogens (tertiary/aromatic N) is 1. The first-order valence-corrected chi connectivity index (χ1v) is 10.7. The Labute approximate surface area is 185 Å². The van der Waals surface area contributed by atoms with Crippen LogP contribution in [0.4, 0.5) is 14.5 Å². The number of hydrogen-bond acceptors (Lipinski definition) is 3. The van der Waals surface area contributed by atoms with Gasteiger partial charge in [-0.1, -0.05) is 42.5 Å². The number of carbonyl (C=O) groups is 2. The number of amides is 2. The normalized spacial score (nSPS) is 14.4. The molecule has 0 spiro atoms. The molecule has 3 aromatic carbocycles. The summed E-state index contributed by atoms with van der Waals surface area (Å²) in [6.45, 7) is 2.02. The molecule has 4 rings (SSSR count). The van der Waals surface area contributed by atoms with Crippen LogP contribution < -0.4 is 10.6 Å². The van der Waals surface area contributed by atoms with Crippen molar-refractivity contribution in [3.63, 3.8) is 0 Å². The first kappa shape index (κ1) is 21.9. The minimum atomic E-state index is -1.05. The lowest BCUT2D eigenvalue weighted by atomic mass is 9.98. The number of fused-ring (bicyclic) bond motifs is 1. The zero-order chi connectivity index (χ0) is 22.7. The summed E-state index contributed by atoms with van der Waals surface area (Å²) >= 11 is 0. The van der Waals surface area contributed by atoms with Gasteiger partial charge in [0.15, 0.2) is 11.6 Å². The summed E-state index contributed by atoms with van der Waals surface area (Å²) in [5, 5.41) is 7.40. The molecule has 5 nitrogen and oxygen atoms in total. The van der Waals surface area contributed by atoms with Gasteiger partial charge < -0.3 is 10.6 Å². The predicted octanol–water partition coefficient (Wildman–Crippen LogP) is 4.40. The Kier molecular flexibility index (Phi) is 6.46. The van der Waals surface area contributed by atoms with Gasteiger partial charge in [0.2, 0.25) is 11.8 Å². The molecule has 0 aromatic heterocycles. The highest BCUT2D eigenvalue weighted by molar-refractivity contribution is 5.94. The van der Waals surface area contributed by atoms with Crippen LogP contribution in [0.1, 0.15) is 31.4 Å². The van der Waals surface area contributed by atoms with Crippen molar-refractivity contribution in [2.75, 3.05) is 18.4 Å². The van der Waals surface area contributed by atoms with Crippen LogP contribution in [0.5, 0.6) is 0 Å². The van der Waals surface area contributed by atoms with E-state index in [0.717, 1.165) is 30.4 Å². The number of carbonyl (C=O) groups excluding carboxylic acids is 2. The molecular weight excluding hydrogens is 412 g/mol. The van der Waals surface area contributed by atoms with E-state index in [4.69, 9.17) is 0 Å². The Morgan fingerprint density at radius 1 is 1.00 bits per heavy atom. The molecule has 0 radical (unpaired) electrons. The van der Waals surface area contributed by atoms with Crippen molar-refractivity contribution in [1.29, 1.82) is 0 Å². The van der Waals surface area contributed by atoms with E-state index < -0.39 is 17.5 Å². The van der Waals surface area contributed by atoms with Gasteiger partial charge in [-0.3, -0.25) is 14.5 Å². The van der Waals surface area contributed by atoms with Crippen molar-refractivity contribution in [3.05, 3.63) is 77.9 Å². The highest BCUT2D eigenvalue weighted by Gasteiger charge is 2.34. The topological polar surface area (TPSA) is 61.4 Å². The van der Waals surface area contributed by atoms with E-state index in [0.29, 0.717) is 6.04 Å². The molecule has 1 saturated carbocycles. The summed E-state index contributed by atoms with van der Waals surface area (Å²) in [6.07, 6.45) is 2.08. The largest absolute Gasteiger partial charge is 0.346 e. The van der Waals surface area contributed by atoms with E-state index >= 15 is 0 Å². The predicted molar refractivity (Wildman–Crippen MR) is 120 cm³/mol. The number of hydrogen-bond donors (Lipinski definition) is 2. The Morgan fingerprint density at radius 2 is 1.75 bits per heavy atom. The lowest BCUT2D eigenvalue weighted by molar-refractivity contribution is -0.125. The standard InChI is InChI=1S/C25H25F2N3O2/c1-16(20-8-4-6-17-5-2-3-7-21(17)20)30(19-10-11-19)15-25(32)28-14-24(31)29-18-9-12-22(26)23(27)13-18/h2-9,12-13,16,19H,10-11,14-15H2,1H3,(H,28,32)(H,29,31)/t16-/m0/s1. The molecule has 2 N–H and O–H groups in total. The number of benzene rings is 3. The molecule has 2 amide bonds. The highest BCUT2D eigenvalue weighted by atomic mass is 19.2. The van der Waals surface area contributed by atoms with Crippen LogP contribution >= 0.6 is 0 Å². The monoisotopic (exact) mass is 437 g/mol. The second kappa shape index (κ2) is 9.44. The van der Waals surface area contributed by atoms with Gasteiger partial charge in [-0.25, -0.2) is 8.78 Å². The number of halogens is 2. The van der Waals surface area contributed by atoms with Gasteiger partial charge in [0.1, 0.15) is 0 Å². The third-order valence-electron chi connectivity index (χ3n) is 5.76. The van der Waals surface area contributed by atoms with E-state index in [2.05, 4.69) is 46.7 Å². The van der Waals surface area contributed by atoms with Crippen LogP contribution in [-0.4, -0.2) is 35.8 Å². The maximum Gasteiger partial charge on any atom is 0.243 e. The SMILES string of the molecule is C[C@@H](c1cccc2ccccc12)N(CC(=O)NCC(=O)Nc1ccc(F)c(F)c1)C1CC1. The molecular formula is C25H25F2N3O2. The quantitative estimate of drug-likeness (QED) is 0.549. The van der Waals surface area contributed by atoms with Crippen LogP contribution in [0.3, 0.4) is 0 Å². The summed E-state index contributed by atoms with van der Waals surface area (Å²) in [5.74, 6) is -2.81. The van der Waals surface area contributed by atoms with Crippen molar-refractivity contribution < 1.29 is 18.4 Å². The summed E-state index contributed by atoms with van der Waals surface area (Å²) in [7, 11) is 0. The lowest BCUT2D eigenvalue weighted by Crippen LogP contribution is -2.42. The Balaban J connectivity index is 1.37. The van der Waals surface area contributed by atoms with Crippen molar-refractivity contribution in [3.8, 4) is 0 Å². The molecule has 7 heteroatoms. The average Bonchev–Trinajstić information content (AvgIpc) is 3.63.